The van der Waals surface area contributed by atoms with Crippen molar-refractivity contribution in [2.24, 2.45) is 0 Å². The zero-order valence-corrected chi connectivity index (χ0v) is 10.9. The fourth-order valence-corrected chi connectivity index (χ4v) is 1.76. The van der Waals surface area contributed by atoms with Gasteiger partial charge in [0, 0.05) is 11.2 Å². The van der Waals surface area contributed by atoms with Crippen LogP contribution in [0.15, 0.2) is 30.5 Å². The molecule has 0 fully saturated rings. The van der Waals surface area contributed by atoms with Gasteiger partial charge in [-0.2, -0.15) is 5.10 Å². The number of benzene rings is 1. The number of nitrogens with zero attached hydrogens (tertiary/aromatic N) is 2. The Kier molecular flexibility index (Phi) is 3.67. The lowest BCUT2D eigenvalue weighted by Gasteiger charge is -2.08. The monoisotopic (exact) mass is 264 g/mol. The highest BCUT2D eigenvalue weighted by Gasteiger charge is 2.08. The third-order valence-corrected chi connectivity index (χ3v) is 2.70. The number of aryl methyl sites for hydroxylation is 2. The number of halogens is 1. The van der Waals surface area contributed by atoms with Gasteiger partial charge < -0.3 is 4.74 Å². The van der Waals surface area contributed by atoms with Crippen LogP contribution in [-0.2, 0) is 0 Å². The molecule has 94 valence electrons. The Morgan fingerprint density at radius 2 is 2.17 bits per heavy atom. The van der Waals surface area contributed by atoms with Crippen molar-refractivity contribution in [3.63, 3.8) is 0 Å². The second-order valence-corrected chi connectivity index (χ2v) is 4.43. The van der Waals surface area contributed by atoms with E-state index in [9.17, 15) is 4.79 Å². The minimum absolute atomic E-state index is 0.0520. The van der Waals surface area contributed by atoms with Crippen LogP contribution in [0.3, 0.4) is 0 Å². The lowest BCUT2D eigenvalue weighted by Crippen LogP contribution is -2.20. The van der Waals surface area contributed by atoms with E-state index < -0.39 is 0 Å². The molecule has 0 aliphatic heterocycles. The Morgan fingerprint density at radius 3 is 2.78 bits per heavy atom. The van der Waals surface area contributed by atoms with Crippen LogP contribution >= 0.6 is 11.6 Å². The Labute approximate surface area is 110 Å². The van der Waals surface area contributed by atoms with Gasteiger partial charge in [-0.05, 0) is 43.7 Å². The molecule has 2 aromatic rings. The average Bonchev–Trinajstić information content (AvgIpc) is 2.74. The number of hydrogen-bond acceptors (Lipinski definition) is 3. The van der Waals surface area contributed by atoms with E-state index in [0.29, 0.717) is 10.8 Å². The molecule has 1 heterocycles. The van der Waals surface area contributed by atoms with Crippen molar-refractivity contribution in [2.75, 3.05) is 6.61 Å². The molecule has 0 atom stereocenters. The number of hydrogen-bond donors (Lipinski definition) is 0. The highest BCUT2D eigenvalue weighted by atomic mass is 35.5. The minimum atomic E-state index is -0.211. The first-order chi connectivity index (χ1) is 8.56. The molecule has 0 saturated carbocycles. The molecule has 4 nitrogen and oxygen atoms in total. The largest absolute Gasteiger partial charge is 0.483 e. The van der Waals surface area contributed by atoms with Gasteiger partial charge in [-0.1, -0.05) is 11.6 Å². The molecule has 5 heteroatoms. The maximum atomic E-state index is 11.8. The third-order valence-electron chi connectivity index (χ3n) is 2.47. The van der Waals surface area contributed by atoms with E-state index in [4.69, 9.17) is 16.3 Å². The first-order valence-corrected chi connectivity index (χ1v) is 5.88. The molecule has 0 bridgehead atoms. The average molecular weight is 265 g/mol. The molecular formula is C13H13ClN2O2. The number of rotatable bonds is 3. The lowest BCUT2D eigenvalue weighted by atomic mass is 10.2. The van der Waals surface area contributed by atoms with Gasteiger partial charge in [-0.15, -0.1) is 0 Å². The smallest absolute Gasteiger partial charge is 0.284 e. The zero-order valence-electron chi connectivity index (χ0n) is 10.2. The Hall–Kier alpha value is -1.81. The molecule has 2 rings (SSSR count). The molecule has 0 saturated heterocycles. The molecular weight excluding hydrogens is 252 g/mol. The quantitative estimate of drug-likeness (QED) is 0.856. The second kappa shape index (κ2) is 5.23. The summed E-state index contributed by atoms with van der Waals surface area (Å²) in [4.78, 5) is 11.8. The molecule has 18 heavy (non-hydrogen) atoms. The van der Waals surface area contributed by atoms with E-state index in [0.717, 1.165) is 11.3 Å². The summed E-state index contributed by atoms with van der Waals surface area (Å²) in [7, 11) is 0. The Bertz CT molecular complexity index is 578. The molecule has 0 aliphatic carbocycles. The SMILES string of the molecule is Cc1ccn(C(=O)COc2ccc(Cl)cc2C)n1. The van der Waals surface area contributed by atoms with E-state index >= 15 is 0 Å². The van der Waals surface area contributed by atoms with E-state index in [-0.39, 0.29) is 12.5 Å². The first-order valence-electron chi connectivity index (χ1n) is 5.50. The van der Waals surface area contributed by atoms with Crippen LogP contribution in [-0.4, -0.2) is 22.3 Å². The van der Waals surface area contributed by atoms with Gasteiger partial charge in [0.1, 0.15) is 5.75 Å². The summed E-state index contributed by atoms with van der Waals surface area (Å²) in [6.07, 6.45) is 1.62. The topological polar surface area (TPSA) is 44.1 Å². The van der Waals surface area contributed by atoms with Crippen LogP contribution in [0.2, 0.25) is 5.02 Å². The van der Waals surface area contributed by atoms with Gasteiger partial charge in [0.25, 0.3) is 5.91 Å². The van der Waals surface area contributed by atoms with Crippen LogP contribution in [0.5, 0.6) is 5.75 Å². The van der Waals surface area contributed by atoms with Crippen molar-refractivity contribution in [3.8, 4) is 5.75 Å². The van der Waals surface area contributed by atoms with Crippen LogP contribution in [0, 0.1) is 13.8 Å². The highest BCUT2D eigenvalue weighted by molar-refractivity contribution is 6.30. The predicted molar refractivity (Wildman–Crippen MR) is 69.3 cm³/mol. The summed E-state index contributed by atoms with van der Waals surface area (Å²) in [6.45, 7) is 3.65. The molecule has 0 spiro atoms. The van der Waals surface area contributed by atoms with Gasteiger partial charge in [0.15, 0.2) is 6.61 Å². The van der Waals surface area contributed by atoms with Crippen molar-refractivity contribution in [1.29, 1.82) is 0 Å². The molecule has 1 aromatic heterocycles. The fraction of sp³-hybridized carbons (Fsp3) is 0.231. The Morgan fingerprint density at radius 1 is 1.39 bits per heavy atom. The summed E-state index contributed by atoms with van der Waals surface area (Å²) >= 11 is 5.84. The van der Waals surface area contributed by atoms with Crippen LogP contribution < -0.4 is 4.74 Å². The fourth-order valence-electron chi connectivity index (χ4n) is 1.53. The molecule has 0 radical (unpaired) electrons. The van der Waals surface area contributed by atoms with Crippen molar-refractivity contribution < 1.29 is 9.53 Å². The van der Waals surface area contributed by atoms with Crippen molar-refractivity contribution in [1.82, 2.24) is 9.78 Å². The maximum absolute atomic E-state index is 11.8. The number of aromatic nitrogens is 2. The number of carbonyl (C=O) groups is 1. The summed E-state index contributed by atoms with van der Waals surface area (Å²) < 4.78 is 6.73. The van der Waals surface area contributed by atoms with Gasteiger partial charge >= 0.3 is 0 Å². The molecule has 1 aromatic carbocycles. The Balaban J connectivity index is 2.01. The summed E-state index contributed by atoms with van der Waals surface area (Å²) in [6, 6.07) is 7.04. The van der Waals surface area contributed by atoms with Crippen LogP contribution in [0.4, 0.5) is 0 Å². The van der Waals surface area contributed by atoms with Gasteiger partial charge in [-0.3, -0.25) is 4.79 Å². The standard InChI is InChI=1S/C13H13ClN2O2/c1-9-7-11(14)3-4-12(9)18-8-13(17)16-6-5-10(2)15-16/h3-7H,8H2,1-2H3. The normalized spacial score (nSPS) is 10.4. The zero-order chi connectivity index (χ0) is 13.1. The van der Waals surface area contributed by atoms with Crippen molar-refractivity contribution in [3.05, 3.63) is 46.7 Å². The lowest BCUT2D eigenvalue weighted by molar-refractivity contribution is 0.0820. The molecule has 0 amide bonds. The number of ether oxygens (including phenoxy) is 1. The van der Waals surface area contributed by atoms with Crippen molar-refractivity contribution in [2.45, 2.75) is 13.8 Å². The highest BCUT2D eigenvalue weighted by Crippen LogP contribution is 2.21. The van der Waals surface area contributed by atoms with Crippen molar-refractivity contribution >= 4 is 17.5 Å². The van der Waals surface area contributed by atoms with Crippen LogP contribution in [0.25, 0.3) is 0 Å². The second-order valence-electron chi connectivity index (χ2n) is 3.99. The third kappa shape index (κ3) is 2.90. The summed E-state index contributed by atoms with van der Waals surface area (Å²) in [5.74, 6) is 0.439. The first kappa shape index (κ1) is 12.6. The summed E-state index contributed by atoms with van der Waals surface area (Å²) in [5, 5.41) is 4.67. The van der Waals surface area contributed by atoms with E-state index in [1.165, 1.54) is 4.68 Å². The van der Waals surface area contributed by atoms with Crippen LogP contribution in [0.1, 0.15) is 16.1 Å². The minimum Gasteiger partial charge on any atom is -0.483 e. The maximum Gasteiger partial charge on any atom is 0.284 e. The molecule has 0 unspecified atom stereocenters. The van der Waals surface area contributed by atoms with E-state index in [1.807, 2.05) is 13.8 Å². The molecule has 0 aliphatic rings. The van der Waals surface area contributed by atoms with Gasteiger partial charge in [0.2, 0.25) is 0 Å². The van der Waals surface area contributed by atoms with E-state index in [2.05, 4.69) is 5.10 Å². The molecule has 0 N–H and O–H groups in total. The summed E-state index contributed by atoms with van der Waals surface area (Å²) in [5.41, 5.74) is 1.69. The van der Waals surface area contributed by atoms with E-state index in [1.54, 1.807) is 30.5 Å². The van der Waals surface area contributed by atoms with Gasteiger partial charge in [-0.25, -0.2) is 4.68 Å². The number of carbonyl (C=O) groups excluding carboxylic acids is 1. The van der Waals surface area contributed by atoms with Gasteiger partial charge in [0.05, 0.1) is 5.69 Å². The predicted octanol–water partition coefficient (Wildman–Crippen LogP) is 2.87.